The molecule has 0 aromatic heterocycles. The number of ether oxygens (including phenoxy) is 1. The van der Waals surface area contributed by atoms with Gasteiger partial charge in [-0.05, 0) is 42.7 Å². The fourth-order valence-electron chi connectivity index (χ4n) is 2.09. The molecule has 6 heteroatoms. The summed E-state index contributed by atoms with van der Waals surface area (Å²) in [5.74, 6) is 0.601. The maximum atomic E-state index is 11.8. The SMILES string of the molecule is Cc1ccc(SCC(=O)NNC(=O)COc2ccc(C(C)C)cc2)cc1. The lowest BCUT2D eigenvalue weighted by molar-refractivity contribution is -0.128. The van der Waals surface area contributed by atoms with E-state index in [1.165, 1.54) is 22.9 Å². The Bertz CT molecular complexity index is 728. The highest BCUT2D eigenvalue weighted by Crippen LogP contribution is 2.19. The number of hydrazine groups is 1. The van der Waals surface area contributed by atoms with Gasteiger partial charge in [0.2, 0.25) is 5.91 Å². The first-order valence-electron chi connectivity index (χ1n) is 8.44. The number of benzene rings is 2. The number of carbonyl (C=O) groups excluding carboxylic acids is 2. The zero-order valence-electron chi connectivity index (χ0n) is 15.2. The van der Waals surface area contributed by atoms with Crippen LogP contribution in [0.1, 0.15) is 30.9 Å². The predicted molar refractivity (Wildman–Crippen MR) is 104 cm³/mol. The number of amides is 2. The molecule has 0 atom stereocenters. The highest BCUT2D eigenvalue weighted by atomic mass is 32.2. The van der Waals surface area contributed by atoms with Crippen molar-refractivity contribution in [3.05, 3.63) is 59.7 Å². The van der Waals surface area contributed by atoms with E-state index in [-0.39, 0.29) is 18.3 Å². The Morgan fingerprint density at radius 2 is 1.58 bits per heavy atom. The van der Waals surface area contributed by atoms with Gasteiger partial charge >= 0.3 is 0 Å². The minimum Gasteiger partial charge on any atom is -0.484 e. The van der Waals surface area contributed by atoms with Crippen molar-refractivity contribution in [3.8, 4) is 5.75 Å². The second-order valence-electron chi connectivity index (χ2n) is 6.21. The van der Waals surface area contributed by atoms with Crippen LogP contribution in [0.2, 0.25) is 0 Å². The molecule has 0 spiro atoms. The molecular weight excluding hydrogens is 348 g/mol. The Kier molecular flexibility index (Phi) is 7.53. The lowest BCUT2D eigenvalue weighted by atomic mass is 10.0. The maximum absolute atomic E-state index is 11.8. The third-order valence-electron chi connectivity index (χ3n) is 3.65. The minimum atomic E-state index is -0.411. The molecule has 2 aromatic rings. The molecule has 0 saturated heterocycles. The van der Waals surface area contributed by atoms with E-state index in [9.17, 15) is 9.59 Å². The van der Waals surface area contributed by atoms with Crippen LogP contribution >= 0.6 is 11.8 Å². The van der Waals surface area contributed by atoms with E-state index in [0.29, 0.717) is 11.7 Å². The highest BCUT2D eigenvalue weighted by Gasteiger charge is 2.07. The van der Waals surface area contributed by atoms with Crippen LogP contribution in [0.3, 0.4) is 0 Å². The molecule has 0 saturated carbocycles. The van der Waals surface area contributed by atoms with Gasteiger partial charge in [0, 0.05) is 4.90 Å². The molecule has 138 valence electrons. The molecule has 0 aliphatic heterocycles. The summed E-state index contributed by atoms with van der Waals surface area (Å²) in [6.07, 6.45) is 0. The van der Waals surface area contributed by atoms with Gasteiger partial charge in [0.25, 0.3) is 5.91 Å². The number of hydrogen-bond donors (Lipinski definition) is 2. The molecule has 0 aliphatic rings. The van der Waals surface area contributed by atoms with Crippen molar-refractivity contribution >= 4 is 23.6 Å². The molecular formula is C20H24N2O3S. The van der Waals surface area contributed by atoms with Crippen molar-refractivity contribution in [3.63, 3.8) is 0 Å². The number of carbonyl (C=O) groups is 2. The third kappa shape index (κ3) is 6.80. The molecule has 5 nitrogen and oxygen atoms in total. The molecule has 0 fully saturated rings. The average Bonchev–Trinajstić information content (AvgIpc) is 2.64. The first kappa shape index (κ1) is 19.8. The molecule has 26 heavy (non-hydrogen) atoms. The summed E-state index contributed by atoms with van der Waals surface area (Å²) in [5, 5.41) is 0. The minimum absolute atomic E-state index is 0.160. The van der Waals surface area contributed by atoms with Gasteiger partial charge in [-0.2, -0.15) is 0 Å². The predicted octanol–water partition coefficient (Wildman–Crippen LogP) is 3.44. The van der Waals surface area contributed by atoms with Gasteiger partial charge in [0.05, 0.1) is 5.75 Å². The largest absolute Gasteiger partial charge is 0.484 e. The third-order valence-corrected chi connectivity index (χ3v) is 4.66. The molecule has 2 amide bonds. The maximum Gasteiger partial charge on any atom is 0.276 e. The van der Waals surface area contributed by atoms with Crippen LogP contribution in [0.5, 0.6) is 5.75 Å². The topological polar surface area (TPSA) is 67.4 Å². The number of aryl methyl sites for hydroxylation is 1. The van der Waals surface area contributed by atoms with Crippen LogP contribution in [0, 0.1) is 6.92 Å². The van der Waals surface area contributed by atoms with Crippen molar-refractivity contribution in [2.45, 2.75) is 31.6 Å². The van der Waals surface area contributed by atoms with E-state index < -0.39 is 5.91 Å². The first-order chi connectivity index (χ1) is 12.4. The lowest BCUT2D eigenvalue weighted by Gasteiger charge is -2.10. The Balaban J connectivity index is 1.66. The molecule has 2 N–H and O–H groups in total. The van der Waals surface area contributed by atoms with E-state index in [4.69, 9.17) is 4.74 Å². The van der Waals surface area contributed by atoms with Crippen LogP contribution in [-0.2, 0) is 9.59 Å². The monoisotopic (exact) mass is 372 g/mol. The van der Waals surface area contributed by atoms with E-state index >= 15 is 0 Å². The lowest BCUT2D eigenvalue weighted by Crippen LogP contribution is -2.44. The molecule has 0 aliphatic carbocycles. The highest BCUT2D eigenvalue weighted by molar-refractivity contribution is 8.00. The van der Waals surface area contributed by atoms with E-state index in [1.54, 1.807) is 0 Å². The number of nitrogens with one attached hydrogen (secondary N) is 2. The summed E-state index contributed by atoms with van der Waals surface area (Å²) in [6.45, 7) is 6.08. The van der Waals surface area contributed by atoms with Gasteiger partial charge < -0.3 is 4.74 Å². The van der Waals surface area contributed by atoms with Crippen LogP contribution in [-0.4, -0.2) is 24.2 Å². The van der Waals surface area contributed by atoms with Gasteiger partial charge in [-0.15, -0.1) is 11.8 Å². The van der Waals surface area contributed by atoms with E-state index in [0.717, 1.165) is 4.90 Å². The second kappa shape index (κ2) is 9.87. The summed E-state index contributed by atoms with van der Waals surface area (Å²) >= 11 is 1.41. The van der Waals surface area contributed by atoms with Gasteiger partial charge in [0.1, 0.15) is 5.75 Å². The zero-order valence-corrected chi connectivity index (χ0v) is 16.1. The van der Waals surface area contributed by atoms with Crippen molar-refractivity contribution < 1.29 is 14.3 Å². The quantitative estimate of drug-likeness (QED) is 0.577. The summed E-state index contributed by atoms with van der Waals surface area (Å²) in [7, 11) is 0. The van der Waals surface area contributed by atoms with Crippen LogP contribution < -0.4 is 15.6 Å². The van der Waals surface area contributed by atoms with Gasteiger partial charge in [-0.25, -0.2) is 0 Å². The summed E-state index contributed by atoms with van der Waals surface area (Å²) in [5.41, 5.74) is 7.12. The zero-order chi connectivity index (χ0) is 18.9. The smallest absolute Gasteiger partial charge is 0.276 e. The Labute approximate surface area is 158 Å². The number of rotatable bonds is 7. The molecule has 0 bridgehead atoms. The molecule has 0 unspecified atom stereocenters. The Hall–Kier alpha value is -2.47. The van der Waals surface area contributed by atoms with Crippen molar-refractivity contribution in [2.75, 3.05) is 12.4 Å². The van der Waals surface area contributed by atoms with Crippen molar-refractivity contribution in [1.29, 1.82) is 0 Å². The van der Waals surface area contributed by atoms with Crippen LogP contribution in [0.15, 0.2) is 53.4 Å². The number of thioether (sulfide) groups is 1. The molecule has 2 rings (SSSR count). The van der Waals surface area contributed by atoms with Crippen molar-refractivity contribution in [1.82, 2.24) is 10.9 Å². The molecule has 0 heterocycles. The van der Waals surface area contributed by atoms with E-state index in [2.05, 4.69) is 24.7 Å². The summed E-state index contributed by atoms with van der Waals surface area (Å²) in [6, 6.07) is 15.5. The number of hydrogen-bond acceptors (Lipinski definition) is 4. The second-order valence-corrected chi connectivity index (χ2v) is 7.26. The van der Waals surface area contributed by atoms with Gasteiger partial charge in [-0.1, -0.05) is 43.7 Å². The van der Waals surface area contributed by atoms with Gasteiger partial charge in [-0.3, -0.25) is 20.4 Å². The average molecular weight is 372 g/mol. The first-order valence-corrected chi connectivity index (χ1v) is 9.42. The fraction of sp³-hybridized carbons (Fsp3) is 0.300. The van der Waals surface area contributed by atoms with E-state index in [1.807, 2.05) is 55.5 Å². The van der Waals surface area contributed by atoms with Crippen LogP contribution in [0.4, 0.5) is 0 Å². The summed E-state index contributed by atoms with van der Waals surface area (Å²) < 4.78 is 5.41. The van der Waals surface area contributed by atoms with Gasteiger partial charge in [0.15, 0.2) is 6.61 Å². The standard InChI is InChI=1S/C20H24N2O3S/c1-14(2)16-6-8-17(9-7-16)25-12-19(23)21-22-20(24)13-26-18-10-4-15(3)5-11-18/h4-11,14H,12-13H2,1-3H3,(H,21,23)(H,22,24). The fourth-order valence-corrected chi connectivity index (χ4v) is 2.79. The Morgan fingerprint density at radius 1 is 0.962 bits per heavy atom. The van der Waals surface area contributed by atoms with Crippen LogP contribution in [0.25, 0.3) is 0 Å². The molecule has 2 aromatic carbocycles. The summed E-state index contributed by atoms with van der Waals surface area (Å²) in [4.78, 5) is 24.5. The normalized spacial score (nSPS) is 10.5. The Morgan fingerprint density at radius 3 is 2.19 bits per heavy atom. The van der Waals surface area contributed by atoms with Crippen molar-refractivity contribution in [2.24, 2.45) is 0 Å². The molecule has 0 radical (unpaired) electrons.